The zero-order valence-electron chi connectivity index (χ0n) is 30.3. The van der Waals surface area contributed by atoms with Crippen molar-refractivity contribution in [2.75, 3.05) is 47.2 Å². The molecule has 4 nitrogen and oxygen atoms in total. The summed E-state index contributed by atoms with van der Waals surface area (Å²) in [5.41, 5.74) is 11.3. The van der Waals surface area contributed by atoms with E-state index >= 15 is 0 Å². The summed E-state index contributed by atoms with van der Waals surface area (Å²) in [6, 6.07) is 50.1. The van der Waals surface area contributed by atoms with E-state index in [-0.39, 0.29) is 11.2 Å². The number of hydrogen-bond acceptors (Lipinski definition) is 4. The van der Waals surface area contributed by atoms with Crippen molar-refractivity contribution in [3.63, 3.8) is 0 Å². The van der Waals surface area contributed by atoms with Crippen LogP contribution in [0.25, 0.3) is 16.8 Å². The van der Waals surface area contributed by atoms with Gasteiger partial charge in [0.05, 0.1) is 0 Å². The summed E-state index contributed by atoms with van der Waals surface area (Å²) in [6.45, 7) is 4.82. The summed E-state index contributed by atoms with van der Waals surface area (Å²) in [7, 11) is 0. The molecule has 0 bridgehead atoms. The van der Waals surface area contributed by atoms with Crippen LogP contribution in [0.1, 0.15) is 43.7 Å². The first-order valence-corrected chi connectivity index (χ1v) is 22.4. The van der Waals surface area contributed by atoms with Crippen LogP contribution in [0, 0.1) is 5.92 Å². The van der Waals surface area contributed by atoms with Gasteiger partial charge < -0.3 is 0 Å². The van der Waals surface area contributed by atoms with E-state index in [4.69, 9.17) is 4.99 Å². The van der Waals surface area contributed by atoms with Gasteiger partial charge in [0.1, 0.15) is 0 Å². The Labute approximate surface area is 308 Å². The number of amidine groups is 1. The first kappa shape index (κ1) is 30.9. The van der Waals surface area contributed by atoms with Gasteiger partial charge >= 0.3 is 309 Å². The summed E-state index contributed by atoms with van der Waals surface area (Å²) in [5, 5.41) is 2.77. The van der Waals surface area contributed by atoms with Crippen molar-refractivity contribution in [3.05, 3.63) is 145 Å². The van der Waals surface area contributed by atoms with Crippen LogP contribution in [-0.4, -0.2) is 50.4 Å². The third kappa shape index (κ3) is 3.69. The predicted octanol–water partition coefficient (Wildman–Crippen LogP) is 9.26. The Hall–Kier alpha value is -4.66. The number of hydrogen-bond donors (Lipinski definition) is 0. The molecule has 0 aromatic heterocycles. The Morgan fingerprint density at radius 2 is 1.37 bits per heavy atom. The van der Waals surface area contributed by atoms with Gasteiger partial charge in [-0.25, -0.2) is 0 Å². The van der Waals surface area contributed by atoms with E-state index in [9.17, 15) is 0 Å². The van der Waals surface area contributed by atoms with E-state index in [0.717, 1.165) is 32.2 Å². The molecule has 6 aliphatic rings. The maximum absolute atomic E-state index is 5.15. The second-order valence-electron chi connectivity index (χ2n) is 16.5. The molecule has 5 heteroatoms. The number of para-hydroxylation sites is 3. The Morgan fingerprint density at radius 1 is 0.692 bits per heavy atom. The zero-order valence-corrected chi connectivity index (χ0v) is 31.2. The fraction of sp³-hybridized carbons (Fsp3) is 0.298. The topological polar surface area (TPSA) is 22.1 Å². The molecule has 1 spiro atoms. The number of fused-ring (bicyclic) bond motifs is 6. The van der Waals surface area contributed by atoms with Crippen molar-refractivity contribution >= 4 is 45.8 Å². The van der Waals surface area contributed by atoms with E-state index in [1.165, 1.54) is 80.7 Å². The van der Waals surface area contributed by atoms with Gasteiger partial charge in [0.15, 0.2) is 0 Å². The zero-order chi connectivity index (χ0) is 34.7. The van der Waals surface area contributed by atoms with Gasteiger partial charge in [-0.05, 0) is 0 Å². The van der Waals surface area contributed by atoms with E-state index in [2.05, 4.69) is 162 Å². The number of anilines is 3. The second-order valence-corrected chi connectivity index (χ2v) is 22.3. The molecule has 2 fully saturated rings. The van der Waals surface area contributed by atoms with Gasteiger partial charge in [0.2, 0.25) is 0 Å². The molecule has 0 amide bonds. The predicted molar refractivity (Wildman–Crippen MR) is 223 cm³/mol. The molecular formula is C47H47N4P. The SMILES string of the molecule is CC1CCCC1N1C2=CC3(c4cccc(c42)-c2ccccc21)C(N1CC2=NCCN2c2ccccc21)CCP3(C)(c1ccccc1)c1ccccc1. The summed E-state index contributed by atoms with van der Waals surface area (Å²) < 4.78 is 0. The molecule has 0 N–H and O–H groups in total. The summed E-state index contributed by atoms with van der Waals surface area (Å²) in [4.78, 5) is 13.3. The minimum atomic E-state index is -3.14. The number of aliphatic imine (C=N–C) groups is 1. The molecule has 2 aliphatic carbocycles. The quantitative estimate of drug-likeness (QED) is 0.175. The molecule has 52 heavy (non-hydrogen) atoms. The standard InChI is InChI=1S/C47H47N4P/c1-33-15-13-26-39(33)51-40-23-10-9-20-36(40)37-21-14-22-38-46(37)43(51)31-47(38)44(50-32-45-48-28-29-49(45)41-24-11-12-25-42(41)50)27-30-52(47,2,34-16-5-3-6-17-34)35-18-7-4-8-19-35/h3-12,14,16-25,31,33,39,44H,13,15,26-30,32H2,1-2H3. The van der Waals surface area contributed by atoms with Gasteiger partial charge in [-0.2, -0.15) is 0 Å². The molecule has 4 unspecified atom stereocenters. The van der Waals surface area contributed by atoms with Crippen LogP contribution in [-0.2, 0) is 5.16 Å². The van der Waals surface area contributed by atoms with Crippen molar-refractivity contribution in [1.29, 1.82) is 0 Å². The third-order valence-corrected chi connectivity index (χ3v) is 21.9. The van der Waals surface area contributed by atoms with Crippen molar-refractivity contribution in [2.24, 2.45) is 10.9 Å². The molecule has 5 aromatic rings. The van der Waals surface area contributed by atoms with Gasteiger partial charge in [0, 0.05) is 0 Å². The van der Waals surface area contributed by atoms with Gasteiger partial charge in [-0.3, -0.25) is 0 Å². The minimum absolute atomic E-state index is 0.234. The van der Waals surface area contributed by atoms with Crippen molar-refractivity contribution < 1.29 is 0 Å². The summed E-state index contributed by atoms with van der Waals surface area (Å²) in [5.74, 6) is 1.87. The van der Waals surface area contributed by atoms with Crippen molar-refractivity contribution in [1.82, 2.24) is 0 Å². The molecule has 0 radical (unpaired) electrons. The Morgan fingerprint density at radius 3 is 2.10 bits per heavy atom. The fourth-order valence-corrected chi connectivity index (χ4v) is 19.4. The van der Waals surface area contributed by atoms with Crippen LogP contribution in [0.5, 0.6) is 0 Å². The monoisotopic (exact) mass is 698 g/mol. The summed E-state index contributed by atoms with van der Waals surface area (Å²) in [6.07, 6.45) is 8.99. The Bertz CT molecular complexity index is 2270. The van der Waals surface area contributed by atoms with Crippen LogP contribution in [0.15, 0.2) is 138 Å². The molecule has 1 saturated carbocycles. The number of nitrogens with zero attached hydrogens (tertiary/aromatic N) is 4. The number of benzene rings is 5. The first-order valence-electron chi connectivity index (χ1n) is 19.6. The number of rotatable bonds is 4. The Kier molecular flexibility index (Phi) is 6.50. The molecule has 4 heterocycles. The van der Waals surface area contributed by atoms with Crippen LogP contribution < -0.4 is 25.3 Å². The van der Waals surface area contributed by atoms with Crippen LogP contribution >= 0.6 is 6.60 Å². The van der Waals surface area contributed by atoms with Gasteiger partial charge in [-0.1, -0.05) is 0 Å². The first-order chi connectivity index (χ1) is 25.5. The molecule has 11 rings (SSSR count). The van der Waals surface area contributed by atoms with Crippen molar-refractivity contribution in [2.45, 2.75) is 49.8 Å². The maximum atomic E-state index is 5.15. The normalized spacial score (nSPS) is 28.0. The second kappa shape index (κ2) is 10.9. The van der Waals surface area contributed by atoms with Crippen LogP contribution in [0.3, 0.4) is 0 Å². The van der Waals surface area contributed by atoms with E-state index in [1.54, 1.807) is 0 Å². The van der Waals surface area contributed by atoms with Gasteiger partial charge in [0.25, 0.3) is 0 Å². The van der Waals surface area contributed by atoms with Crippen LogP contribution in [0.4, 0.5) is 17.1 Å². The third-order valence-electron chi connectivity index (χ3n) is 14.5. The fourth-order valence-electron chi connectivity index (χ4n) is 12.1. The Balaban J connectivity index is 1.28. The molecule has 4 atom stereocenters. The molecule has 4 aliphatic heterocycles. The van der Waals surface area contributed by atoms with Gasteiger partial charge in [-0.15, -0.1) is 0 Å². The van der Waals surface area contributed by atoms with E-state index < -0.39 is 6.60 Å². The molecule has 1 saturated heterocycles. The van der Waals surface area contributed by atoms with E-state index in [1.807, 2.05) is 0 Å². The average Bonchev–Trinajstić information content (AvgIpc) is 3.99. The van der Waals surface area contributed by atoms with E-state index in [0.29, 0.717) is 12.0 Å². The average molecular weight is 699 g/mol. The van der Waals surface area contributed by atoms with Crippen molar-refractivity contribution in [3.8, 4) is 11.1 Å². The van der Waals surface area contributed by atoms with Crippen LogP contribution in [0.2, 0.25) is 0 Å². The molecule has 260 valence electrons. The molecular weight excluding hydrogens is 652 g/mol. The summed E-state index contributed by atoms with van der Waals surface area (Å²) >= 11 is 0. The molecule has 5 aromatic carbocycles.